The van der Waals surface area contributed by atoms with Crippen molar-refractivity contribution in [2.75, 3.05) is 18.0 Å². The monoisotopic (exact) mass is 351 g/mol. The van der Waals surface area contributed by atoms with Crippen LogP contribution >= 0.6 is 0 Å². The molecule has 3 aromatic rings. The zero-order chi connectivity index (χ0) is 18.7. The fraction of sp³-hybridized carbons (Fsp3) is 0.238. The van der Waals surface area contributed by atoms with Crippen LogP contribution in [0.1, 0.15) is 20.8 Å². The van der Waals surface area contributed by atoms with E-state index < -0.39 is 5.97 Å². The molecular formula is C21H21NO4. The van der Waals surface area contributed by atoms with Crippen LogP contribution in [-0.2, 0) is 4.79 Å². The second kappa shape index (κ2) is 7.44. The summed E-state index contributed by atoms with van der Waals surface area (Å²) in [6, 6.07) is 14.6. The van der Waals surface area contributed by atoms with Crippen LogP contribution in [0, 0.1) is 0 Å². The van der Waals surface area contributed by atoms with Gasteiger partial charge in [0.15, 0.2) is 5.76 Å². The van der Waals surface area contributed by atoms with Gasteiger partial charge in [0.25, 0.3) is 0 Å². The van der Waals surface area contributed by atoms with E-state index >= 15 is 0 Å². The fourth-order valence-corrected chi connectivity index (χ4v) is 2.96. The van der Waals surface area contributed by atoms with Crippen molar-refractivity contribution < 1.29 is 13.9 Å². The van der Waals surface area contributed by atoms with Crippen molar-refractivity contribution in [2.24, 2.45) is 0 Å². The average molecular weight is 351 g/mol. The topological polar surface area (TPSA) is 59.8 Å². The number of ether oxygens (including phenoxy) is 1. The van der Waals surface area contributed by atoms with E-state index in [1.807, 2.05) is 24.3 Å². The van der Waals surface area contributed by atoms with Gasteiger partial charge in [-0.25, -0.2) is 0 Å². The van der Waals surface area contributed by atoms with E-state index in [1.54, 1.807) is 24.3 Å². The highest BCUT2D eigenvalue weighted by molar-refractivity contribution is 5.84. The van der Waals surface area contributed by atoms with Gasteiger partial charge < -0.3 is 14.1 Å². The highest BCUT2D eigenvalue weighted by Crippen LogP contribution is 2.32. The second-order valence-electron chi connectivity index (χ2n) is 5.90. The first-order chi connectivity index (χ1) is 12.5. The third-order valence-corrected chi connectivity index (χ3v) is 4.26. The maximum Gasteiger partial charge on any atom is 0.308 e. The SMILES string of the molecule is CCN(CC)c1ccc(-c2oc3ccccc3c(=O)c2OC(C)=O)cc1. The summed E-state index contributed by atoms with van der Waals surface area (Å²) in [6.45, 7) is 7.26. The molecule has 2 aromatic carbocycles. The van der Waals surface area contributed by atoms with Gasteiger partial charge >= 0.3 is 5.97 Å². The Kier molecular flexibility index (Phi) is 5.07. The summed E-state index contributed by atoms with van der Waals surface area (Å²) in [5, 5.41) is 0.382. The summed E-state index contributed by atoms with van der Waals surface area (Å²) < 4.78 is 11.1. The minimum absolute atomic E-state index is 0.0770. The van der Waals surface area contributed by atoms with Crippen LogP contribution < -0.4 is 15.1 Å². The molecule has 1 heterocycles. The molecular weight excluding hydrogens is 330 g/mol. The summed E-state index contributed by atoms with van der Waals surface area (Å²) >= 11 is 0. The van der Waals surface area contributed by atoms with Crippen LogP contribution in [-0.4, -0.2) is 19.1 Å². The molecule has 1 aromatic heterocycles. The molecule has 3 rings (SSSR count). The number of carbonyl (C=O) groups excluding carboxylic acids is 1. The van der Waals surface area contributed by atoms with E-state index in [2.05, 4.69) is 18.7 Å². The Morgan fingerprint density at radius 1 is 1.04 bits per heavy atom. The van der Waals surface area contributed by atoms with Crippen LogP contribution in [0.3, 0.4) is 0 Å². The second-order valence-corrected chi connectivity index (χ2v) is 5.90. The molecule has 0 spiro atoms. The van der Waals surface area contributed by atoms with Crippen molar-refractivity contribution in [1.82, 2.24) is 0 Å². The van der Waals surface area contributed by atoms with Crippen LogP contribution in [0.5, 0.6) is 5.75 Å². The minimum Gasteiger partial charge on any atom is -0.452 e. The van der Waals surface area contributed by atoms with Gasteiger partial charge in [-0.15, -0.1) is 0 Å². The van der Waals surface area contributed by atoms with Gasteiger partial charge in [0.2, 0.25) is 11.2 Å². The van der Waals surface area contributed by atoms with Crippen molar-refractivity contribution in [2.45, 2.75) is 20.8 Å². The molecule has 0 N–H and O–H groups in total. The Labute approximate surface area is 151 Å². The zero-order valence-corrected chi connectivity index (χ0v) is 15.1. The lowest BCUT2D eigenvalue weighted by atomic mass is 10.1. The summed E-state index contributed by atoms with van der Waals surface area (Å²) in [5.41, 5.74) is 1.86. The van der Waals surface area contributed by atoms with Crippen LogP contribution in [0.15, 0.2) is 57.7 Å². The molecule has 0 radical (unpaired) electrons. The molecule has 0 amide bonds. The van der Waals surface area contributed by atoms with E-state index in [9.17, 15) is 9.59 Å². The van der Waals surface area contributed by atoms with Gasteiger partial charge in [-0.3, -0.25) is 9.59 Å². The first-order valence-corrected chi connectivity index (χ1v) is 8.64. The normalized spacial score (nSPS) is 10.7. The third kappa shape index (κ3) is 3.33. The summed E-state index contributed by atoms with van der Waals surface area (Å²) in [5.74, 6) is -0.379. The first kappa shape index (κ1) is 17.7. The van der Waals surface area contributed by atoms with Gasteiger partial charge in [0.05, 0.1) is 5.39 Å². The largest absolute Gasteiger partial charge is 0.452 e. The van der Waals surface area contributed by atoms with Gasteiger partial charge in [-0.05, 0) is 50.2 Å². The Balaban J connectivity index is 2.17. The van der Waals surface area contributed by atoms with Crippen LogP contribution in [0.25, 0.3) is 22.3 Å². The molecule has 0 saturated carbocycles. The van der Waals surface area contributed by atoms with E-state index in [0.717, 1.165) is 18.8 Å². The number of esters is 1. The molecule has 0 saturated heterocycles. The molecule has 0 atom stereocenters. The van der Waals surface area contributed by atoms with Crippen molar-refractivity contribution in [3.8, 4) is 17.1 Å². The quantitative estimate of drug-likeness (QED) is 0.644. The van der Waals surface area contributed by atoms with E-state index in [0.29, 0.717) is 16.5 Å². The molecule has 0 aliphatic rings. The number of hydrogen-bond acceptors (Lipinski definition) is 5. The Morgan fingerprint density at radius 3 is 2.31 bits per heavy atom. The standard InChI is InChI=1S/C21H21NO4/c1-4-22(5-2)16-12-10-15(11-13-16)20-21(25-14(3)23)19(24)17-8-6-7-9-18(17)26-20/h6-13H,4-5H2,1-3H3. The predicted octanol–water partition coefficient (Wildman–Crippen LogP) is 4.23. The number of nitrogens with zero attached hydrogens (tertiary/aromatic N) is 1. The number of carbonyl (C=O) groups is 1. The fourth-order valence-electron chi connectivity index (χ4n) is 2.96. The van der Waals surface area contributed by atoms with Gasteiger partial charge in [0.1, 0.15) is 5.58 Å². The van der Waals surface area contributed by atoms with Crippen molar-refractivity contribution >= 4 is 22.6 Å². The summed E-state index contributed by atoms with van der Waals surface area (Å²) in [4.78, 5) is 26.5. The van der Waals surface area contributed by atoms with Gasteiger partial charge in [-0.1, -0.05) is 12.1 Å². The molecule has 0 aliphatic heterocycles. The number of benzene rings is 2. The summed E-state index contributed by atoms with van der Waals surface area (Å²) in [6.07, 6.45) is 0. The van der Waals surface area contributed by atoms with E-state index in [4.69, 9.17) is 9.15 Å². The maximum absolute atomic E-state index is 12.8. The first-order valence-electron chi connectivity index (χ1n) is 8.64. The lowest BCUT2D eigenvalue weighted by molar-refractivity contribution is -0.131. The number of hydrogen-bond donors (Lipinski definition) is 0. The van der Waals surface area contributed by atoms with E-state index in [-0.39, 0.29) is 16.9 Å². The number of rotatable bonds is 5. The molecule has 0 unspecified atom stereocenters. The number of para-hydroxylation sites is 1. The minimum atomic E-state index is -0.561. The molecule has 26 heavy (non-hydrogen) atoms. The Bertz CT molecular complexity index is 985. The van der Waals surface area contributed by atoms with E-state index in [1.165, 1.54) is 6.92 Å². The summed E-state index contributed by atoms with van der Waals surface area (Å²) in [7, 11) is 0. The third-order valence-electron chi connectivity index (χ3n) is 4.26. The molecule has 0 bridgehead atoms. The highest BCUT2D eigenvalue weighted by atomic mass is 16.5. The predicted molar refractivity (Wildman–Crippen MR) is 103 cm³/mol. The number of fused-ring (bicyclic) bond motifs is 1. The lowest BCUT2D eigenvalue weighted by Crippen LogP contribution is -2.21. The molecule has 134 valence electrons. The smallest absolute Gasteiger partial charge is 0.308 e. The van der Waals surface area contributed by atoms with Crippen molar-refractivity contribution in [3.63, 3.8) is 0 Å². The van der Waals surface area contributed by atoms with Gasteiger partial charge in [0, 0.05) is 31.3 Å². The number of anilines is 1. The average Bonchev–Trinajstić information content (AvgIpc) is 2.65. The highest BCUT2D eigenvalue weighted by Gasteiger charge is 2.19. The van der Waals surface area contributed by atoms with Crippen molar-refractivity contribution in [3.05, 3.63) is 58.8 Å². The molecule has 5 heteroatoms. The maximum atomic E-state index is 12.8. The molecule has 5 nitrogen and oxygen atoms in total. The Morgan fingerprint density at radius 2 is 1.69 bits per heavy atom. The lowest BCUT2D eigenvalue weighted by Gasteiger charge is -2.21. The van der Waals surface area contributed by atoms with Crippen molar-refractivity contribution in [1.29, 1.82) is 0 Å². The van der Waals surface area contributed by atoms with Crippen LogP contribution in [0.4, 0.5) is 5.69 Å². The zero-order valence-electron chi connectivity index (χ0n) is 15.1. The van der Waals surface area contributed by atoms with Crippen LogP contribution in [0.2, 0.25) is 0 Å². The molecule has 0 fully saturated rings. The Hall–Kier alpha value is -3.08. The van der Waals surface area contributed by atoms with Gasteiger partial charge in [-0.2, -0.15) is 0 Å². The molecule has 0 aliphatic carbocycles.